The number of rotatable bonds is 8. The summed E-state index contributed by atoms with van der Waals surface area (Å²) in [6, 6.07) is 14.0. The van der Waals surface area contributed by atoms with Crippen LogP contribution in [0.4, 0.5) is 0 Å². The van der Waals surface area contributed by atoms with Crippen molar-refractivity contribution in [3.05, 3.63) is 72.3 Å². The number of carbonyl (C=O) groups excluding carboxylic acids is 2. The van der Waals surface area contributed by atoms with E-state index in [2.05, 4.69) is 6.58 Å². The van der Waals surface area contributed by atoms with E-state index in [1.54, 1.807) is 36.4 Å². The molecule has 2 aromatic carbocycles. The van der Waals surface area contributed by atoms with Crippen LogP contribution in [-0.4, -0.2) is 23.1 Å². The number of aryl methyl sites for hydroxylation is 1. The molecule has 29 heavy (non-hydrogen) atoms. The van der Waals surface area contributed by atoms with Gasteiger partial charge in [-0.15, -0.1) is 0 Å². The van der Waals surface area contributed by atoms with Gasteiger partial charge in [0.1, 0.15) is 22.7 Å². The minimum Gasteiger partial charge on any atom is -0.488 e. The first kappa shape index (κ1) is 22.2. The first-order valence-electron chi connectivity index (χ1n) is 9.43. The molecule has 0 amide bonds. The average molecular weight is 396 g/mol. The van der Waals surface area contributed by atoms with Crippen molar-refractivity contribution in [2.45, 2.75) is 52.2 Å². The predicted molar refractivity (Wildman–Crippen MR) is 112 cm³/mol. The van der Waals surface area contributed by atoms with E-state index in [0.29, 0.717) is 23.5 Å². The van der Waals surface area contributed by atoms with Crippen LogP contribution >= 0.6 is 0 Å². The second kappa shape index (κ2) is 8.95. The second-order valence-electron chi connectivity index (χ2n) is 8.15. The Morgan fingerprint density at radius 1 is 0.897 bits per heavy atom. The van der Waals surface area contributed by atoms with Crippen molar-refractivity contribution < 1.29 is 23.8 Å². The second-order valence-corrected chi connectivity index (χ2v) is 8.15. The van der Waals surface area contributed by atoms with Gasteiger partial charge in [0.15, 0.2) is 0 Å². The van der Waals surface area contributed by atoms with Gasteiger partial charge in [-0.1, -0.05) is 24.3 Å². The molecule has 0 aliphatic heterocycles. The summed E-state index contributed by atoms with van der Waals surface area (Å²) in [5.41, 5.74) is 0.203. The van der Waals surface area contributed by atoms with Crippen molar-refractivity contribution in [3.63, 3.8) is 0 Å². The fourth-order valence-corrected chi connectivity index (χ4v) is 3.16. The highest BCUT2D eigenvalue weighted by Gasteiger charge is 2.33. The third kappa shape index (κ3) is 7.11. The molecule has 0 saturated carbocycles. The zero-order chi connectivity index (χ0) is 21.7. The smallest absolute Gasteiger partial charge is 0.343 e. The van der Waals surface area contributed by atoms with E-state index in [1.165, 1.54) is 0 Å². The minimum atomic E-state index is -0.716. The highest BCUT2D eigenvalue weighted by molar-refractivity contribution is 5.91. The highest BCUT2D eigenvalue weighted by atomic mass is 16.6. The standard InChI is InChI=1S/C24H28O5/c1-7-21(25)29-24(5,6)16-23(3,4)28-20-14-10-18(11-15-20)22(26)27-19-12-8-17(2)9-13-19/h7-15H,1,16H2,2-6H3. The van der Waals surface area contributed by atoms with Crippen molar-refractivity contribution in [2.24, 2.45) is 0 Å². The van der Waals surface area contributed by atoms with Gasteiger partial charge in [-0.05, 0) is 71.0 Å². The lowest BCUT2D eigenvalue weighted by Crippen LogP contribution is -2.40. The Hall–Kier alpha value is -3.08. The quantitative estimate of drug-likeness (QED) is 0.346. The summed E-state index contributed by atoms with van der Waals surface area (Å²) in [4.78, 5) is 23.8. The average Bonchev–Trinajstić information content (AvgIpc) is 2.62. The number of benzene rings is 2. The molecule has 2 aromatic rings. The van der Waals surface area contributed by atoms with E-state index in [1.807, 2.05) is 46.8 Å². The largest absolute Gasteiger partial charge is 0.488 e. The molecule has 0 heterocycles. The first-order valence-corrected chi connectivity index (χ1v) is 9.43. The van der Waals surface area contributed by atoms with Crippen LogP contribution in [0.25, 0.3) is 0 Å². The molecule has 5 heteroatoms. The lowest BCUT2D eigenvalue weighted by atomic mass is 9.92. The van der Waals surface area contributed by atoms with Gasteiger partial charge >= 0.3 is 11.9 Å². The van der Waals surface area contributed by atoms with Crippen LogP contribution in [0.1, 0.15) is 50.0 Å². The Bertz CT molecular complexity index is 861. The van der Waals surface area contributed by atoms with E-state index in [4.69, 9.17) is 14.2 Å². The Morgan fingerprint density at radius 3 is 2.00 bits per heavy atom. The number of hydrogen-bond acceptors (Lipinski definition) is 5. The van der Waals surface area contributed by atoms with Gasteiger partial charge in [0, 0.05) is 12.5 Å². The van der Waals surface area contributed by atoms with Crippen molar-refractivity contribution in [2.75, 3.05) is 0 Å². The molecule has 154 valence electrons. The van der Waals surface area contributed by atoms with E-state index >= 15 is 0 Å². The van der Waals surface area contributed by atoms with E-state index in [0.717, 1.165) is 11.6 Å². The monoisotopic (exact) mass is 396 g/mol. The van der Waals surface area contributed by atoms with E-state index < -0.39 is 23.1 Å². The SMILES string of the molecule is C=CC(=O)OC(C)(C)CC(C)(C)Oc1ccc(C(=O)Oc2ccc(C)cc2)cc1. The number of esters is 2. The van der Waals surface area contributed by atoms with Crippen LogP contribution in [0.3, 0.4) is 0 Å². The Balaban J connectivity index is 1.99. The summed E-state index contributed by atoms with van der Waals surface area (Å²) in [7, 11) is 0. The van der Waals surface area contributed by atoms with Gasteiger partial charge in [0.2, 0.25) is 0 Å². The van der Waals surface area contributed by atoms with Crippen LogP contribution in [0.5, 0.6) is 11.5 Å². The van der Waals surface area contributed by atoms with Crippen molar-refractivity contribution >= 4 is 11.9 Å². The fourth-order valence-electron chi connectivity index (χ4n) is 3.16. The number of ether oxygens (including phenoxy) is 3. The van der Waals surface area contributed by atoms with Crippen molar-refractivity contribution in [3.8, 4) is 11.5 Å². The van der Waals surface area contributed by atoms with Gasteiger partial charge in [0.25, 0.3) is 0 Å². The van der Waals surface area contributed by atoms with Gasteiger partial charge in [-0.3, -0.25) is 0 Å². The molecule has 0 atom stereocenters. The molecule has 0 saturated heterocycles. The molecule has 0 aliphatic rings. The molecule has 0 aromatic heterocycles. The first-order chi connectivity index (χ1) is 13.5. The summed E-state index contributed by atoms with van der Waals surface area (Å²) < 4.78 is 16.8. The molecular formula is C24H28O5. The molecule has 0 radical (unpaired) electrons. The topological polar surface area (TPSA) is 61.8 Å². The van der Waals surface area contributed by atoms with Crippen LogP contribution in [0.15, 0.2) is 61.2 Å². The van der Waals surface area contributed by atoms with Crippen LogP contribution in [-0.2, 0) is 9.53 Å². The van der Waals surface area contributed by atoms with Crippen LogP contribution in [0.2, 0.25) is 0 Å². The van der Waals surface area contributed by atoms with Crippen LogP contribution in [0, 0.1) is 6.92 Å². The van der Waals surface area contributed by atoms with Crippen molar-refractivity contribution in [1.82, 2.24) is 0 Å². The van der Waals surface area contributed by atoms with Crippen molar-refractivity contribution in [1.29, 1.82) is 0 Å². The molecule has 0 fully saturated rings. The maximum atomic E-state index is 12.3. The highest BCUT2D eigenvalue weighted by Crippen LogP contribution is 2.29. The zero-order valence-electron chi connectivity index (χ0n) is 17.7. The third-order valence-electron chi connectivity index (χ3n) is 4.11. The van der Waals surface area contributed by atoms with Gasteiger partial charge in [0.05, 0.1) is 5.56 Å². The molecule has 0 N–H and O–H groups in total. The maximum Gasteiger partial charge on any atom is 0.343 e. The lowest BCUT2D eigenvalue weighted by Gasteiger charge is -2.34. The van der Waals surface area contributed by atoms with Gasteiger partial charge in [-0.2, -0.15) is 0 Å². The Kier molecular flexibility index (Phi) is 6.85. The fraction of sp³-hybridized carbons (Fsp3) is 0.333. The number of carbonyl (C=O) groups is 2. The van der Waals surface area contributed by atoms with Gasteiger partial charge < -0.3 is 14.2 Å². The molecule has 2 rings (SSSR count). The lowest BCUT2D eigenvalue weighted by molar-refractivity contribution is -0.154. The molecular weight excluding hydrogens is 368 g/mol. The molecule has 0 bridgehead atoms. The summed E-state index contributed by atoms with van der Waals surface area (Å²) in [5.74, 6) is 0.200. The normalized spacial score (nSPS) is 11.5. The summed E-state index contributed by atoms with van der Waals surface area (Å²) in [6.07, 6.45) is 1.61. The Morgan fingerprint density at radius 2 is 1.45 bits per heavy atom. The summed E-state index contributed by atoms with van der Waals surface area (Å²) in [6.45, 7) is 12.9. The number of hydrogen-bond donors (Lipinski definition) is 0. The summed E-state index contributed by atoms with van der Waals surface area (Å²) >= 11 is 0. The molecule has 0 spiro atoms. The maximum absolute atomic E-state index is 12.3. The van der Waals surface area contributed by atoms with Crippen LogP contribution < -0.4 is 9.47 Å². The minimum absolute atomic E-state index is 0.427. The molecule has 5 nitrogen and oxygen atoms in total. The summed E-state index contributed by atoms with van der Waals surface area (Å²) in [5, 5.41) is 0. The molecule has 0 unspecified atom stereocenters. The predicted octanol–water partition coefficient (Wildman–Crippen LogP) is 5.27. The Labute approximate surface area is 172 Å². The molecule has 0 aliphatic carbocycles. The van der Waals surface area contributed by atoms with E-state index in [-0.39, 0.29) is 0 Å². The zero-order valence-corrected chi connectivity index (χ0v) is 17.7. The van der Waals surface area contributed by atoms with E-state index in [9.17, 15) is 9.59 Å². The third-order valence-corrected chi connectivity index (χ3v) is 4.11. The van der Waals surface area contributed by atoms with Gasteiger partial charge in [-0.25, -0.2) is 9.59 Å².